The van der Waals surface area contributed by atoms with Gasteiger partial charge in [-0.3, -0.25) is 0 Å². The molecule has 0 fully saturated rings. The number of aryl methyl sites for hydroxylation is 1. The molecular weight excluding hydrogens is 227 g/mol. The Morgan fingerprint density at radius 2 is 1.80 bits per heavy atom. The van der Waals surface area contributed by atoms with Crippen molar-refractivity contribution in [3.8, 4) is 5.75 Å². The van der Waals surface area contributed by atoms with Crippen molar-refractivity contribution in [3.05, 3.63) is 29.8 Å². The molecule has 15 heavy (non-hydrogen) atoms. The van der Waals surface area contributed by atoms with Crippen LogP contribution in [0, 0.1) is 6.92 Å². The van der Waals surface area contributed by atoms with Gasteiger partial charge in [0.15, 0.2) is 0 Å². The molecule has 0 heterocycles. The van der Waals surface area contributed by atoms with E-state index in [1.807, 2.05) is 19.1 Å². The maximum Gasteiger partial charge on any atom is 1.00 e. The van der Waals surface area contributed by atoms with Gasteiger partial charge in [0.25, 0.3) is 0 Å². The molecule has 0 aliphatic carbocycles. The SMILES string of the molecule is Cc1ccc(OCCS(=O)(=O)[O-])cc1.[Na+]. The van der Waals surface area contributed by atoms with Crippen molar-refractivity contribution in [2.45, 2.75) is 6.92 Å². The number of hydrogen-bond donors (Lipinski definition) is 0. The van der Waals surface area contributed by atoms with Gasteiger partial charge in [0.2, 0.25) is 0 Å². The van der Waals surface area contributed by atoms with Crippen LogP contribution in [0.1, 0.15) is 5.56 Å². The van der Waals surface area contributed by atoms with E-state index in [0.717, 1.165) is 5.56 Å². The van der Waals surface area contributed by atoms with Gasteiger partial charge in [0, 0.05) is 0 Å². The van der Waals surface area contributed by atoms with E-state index in [2.05, 4.69) is 0 Å². The monoisotopic (exact) mass is 238 g/mol. The Labute approximate surface area is 112 Å². The standard InChI is InChI=1S/C9H12O4S.Na/c1-8-2-4-9(5-3-8)13-6-7-14(10,11)12;/h2-5H,6-7H2,1H3,(H,10,11,12);/q;+1/p-1. The van der Waals surface area contributed by atoms with Crippen molar-refractivity contribution >= 4 is 10.1 Å². The van der Waals surface area contributed by atoms with Crippen molar-refractivity contribution in [3.63, 3.8) is 0 Å². The van der Waals surface area contributed by atoms with Crippen LogP contribution in [0.3, 0.4) is 0 Å². The van der Waals surface area contributed by atoms with Gasteiger partial charge >= 0.3 is 29.6 Å². The Balaban J connectivity index is 0.00000196. The third-order valence-electron chi connectivity index (χ3n) is 1.62. The van der Waals surface area contributed by atoms with E-state index < -0.39 is 15.9 Å². The predicted octanol–water partition coefficient (Wildman–Crippen LogP) is -2.08. The van der Waals surface area contributed by atoms with Gasteiger partial charge in [0.1, 0.15) is 12.4 Å². The van der Waals surface area contributed by atoms with Gasteiger partial charge in [-0.1, -0.05) is 17.7 Å². The molecule has 0 unspecified atom stereocenters. The molecule has 6 heteroatoms. The molecule has 0 spiro atoms. The van der Waals surface area contributed by atoms with Crippen LogP contribution in [0.15, 0.2) is 24.3 Å². The van der Waals surface area contributed by atoms with Crippen molar-refractivity contribution in [2.24, 2.45) is 0 Å². The first kappa shape index (κ1) is 14.9. The van der Waals surface area contributed by atoms with Crippen molar-refractivity contribution in [1.29, 1.82) is 0 Å². The molecule has 1 rings (SSSR count). The summed E-state index contributed by atoms with van der Waals surface area (Å²) in [7, 11) is -4.18. The van der Waals surface area contributed by atoms with E-state index >= 15 is 0 Å². The number of rotatable bonds is 4. The molecular formula is C9H11NaO4S. The zero-order valence-electron chi connectivity index (χ0n) is 8.76. The fourth-order valence-corrected chi connectivity index (χ4v) is 1.18. The summed E-state index contributed by atoms with van der Waals surface area (Å²) in [6.45, 7) is 1.83. The van der Waals surface area contributed by atoms with Crippen LogP contribution in [0.2, 0.25) is 0 Å². The van der Waals surface area contributed by atoms with E-state index in [0.29, 0.717) is 5.75 Å². The largest absolute Gasteiger partial charge is 1.00 e. The van der Waals surface area contributed by atoms with Gasteiger partial charge in [-0.15, -0.1) is 0 Å². The number of hydrogen-bond acceptors (Lipinski definition) is 4. The fraction of sp³-hybridized carbons (Fsp3) is 0.333. The van der Waals surface area contributed by atoms with Crippen LogP contribution in [0.5, 0.6) is 5.75 Å². The summed E-state index contributed by atoms with van der Waals surface area (Å²) in [5, 5.41) is 0. The zero-order valence-corrected chi connectivity index (χ0v) is 11.6. The normalized spacial score (nSPS) is 10.5. The molecule has 0 aromatic heterocycles. The van der Waals surface area contributed by atoms with Crippen LogP contribution < -0.4 is 34.3 Å². The molecule has 0 saturated carbocycles. The fourth-order valence-electron chi connectivity index (χ4n) is 0.896. The summed E-state index contributed by atoms with van der Waals surface area (Å²) in [6.07, 6.45) is 0. The minimum atomic E-state index is -4.18. The molecule has 0 N–H and O–H groups in total. The zero-order chi connectivity index (χ0) is 10.6. The minimum absolute atomic E-state index is 0. The molecule has 0 bridgehead atoms. The van der Waals surface area contributed by atoms with Gasteiger partial charge < -0.3 is 9.29 Å². The van der Waals surface area contributed by atoms with Gasteiger partial charge in [-0.2, -0.15) is 0 Å². The number of benzene rings is 1. The van der Waals surface area contributed by atoms with Crippen LogP contribution in [-0.4, -0.2) is 25.3 Å². The molecule has 0 aliphatic heterocycles. The second kappa shape index (κ2) is 6.50. The Bertz CT molecular complexity index is 385. The maximum atomic E-state index is 10.2. The van der Waals surface area contributed by atoms with E-state index in [9.17, 15) is 13.0 Å². The van der Waals surface area contributed by atoms with Crippen molar-refractivity contribution < 1.29 is 47.3 Å². The smallest absolute Gasteiger partial charge is 0.748 e. The summed E-state index contributed by atoms with van der Waals surface area (Å²) >= 11 is 0. The number of ether oxygens (including phenoxy) is 1. The average Bonchev–Trinajstić information content (AvgIpc) is 2.06. The van der Waals surface area contributed by atoms with Crippen LogP contribution in [0.4, 0.5) is 0 Å². The first-order valence-electron chi connectivity index (χ1n) is 4.10. The predicted molar refractivity (Wildman–Crippen MR) is 51.2 cm³/mol. The third kappa shape index (κ3) is 6.92. The first-order valence-corrected chi connectivity index (χ1v) is 5.68. The molecule has 0 aliphatic rings. The van der Waals surface area contributed by atoms with E-state index in [1.165, 1.54) is 0 Å². The van der Waals surface area contributed by atoms with Gasteiger partial charge in [-0.05, 0) is 19.1 Å². The summed E-state index contributed by atoms with van der Waals surface area (Å²) in [6, 6.07) is 7.15. The Kier molecular flexibility index (Phi) is 6.47. The van der Waals surface area contributed by atoms with Crippen LogP contribution in [-0.2, 0) is 10.1 Å². The van der Waals surface area contributed by atoms with E-state index in [4.69, 9.17) is 4.74 Å². The van der Waals surface area contributed by atoms with E-state index in [1.54, 1.807) is 12.1 Å². The first-order chi connectivity index (χ1) is 6.47. The van der Waals surface area contributed by atoms with Crippen LogP contribution in [0.25, 0.3) is 0 Å². The van der Waals surface area contributed by atoms with Gasteiger partial charge in [0.05, 0.1) is 15.9 Å². The molecule has 0 radical (unpaired) electrons. The summed E-state index contributed by atoms with van der Waals surface area (Å²) in [4.78, 5) is 0. The topological polar surface area (TPSA) is 66.4 Å². The second-order valence-electron chi connectivity index (χ2n) is 2.92. The van der Waals surface area contributed by atoms with Crippen molar-refractivity contribution in [1.82, 2.24) is 0 Å². The minimum Gasteiger partial charge on any atom is -0.748 e. The average molecular weight is 238 g/mol. The summed E-state index contributed by atoms with van der Waals surface area (Å²) in [5.74, 6) is 0.0696. The molecule has 1 aromatic rings. The molecule has 4 nitrogen and oxygen atoms in total. The summed E-state index contributed by atoms with van der Waals surface area (Å²) in [5.41, 5.74) is 1.09. The quantitative estimate of drug-likeness (QED) is 0.446. The Morgan fingerprint density at radius 1 is 1.27 bits per heavy atom. The Hall–Kier alpha value is -0.0700. The Morgan fingerprint density at radius 3 is 2.27 bits per heavy atom. The maximum absolute atomic E-state index is 10.2. The van der Waals surface area contributed by atoms with Crippen LogP contribution >= 0.6 is 0 Å². The molecule has 0 amide bonds. The molecule has 0 atom stereocenters. The van der Waals surface area contributed by atoms with Crippen molar-refractivity contribution in [2.75, 3.05) is 12.4 Å². The summed E-state index contributed by atoms with van der Waals surface area (Å²) < 4.78 is 35.8. The second-order valence-corrected chi connectivity index (χ2v) is 4.45. The molecule has 1 aromatic carbocycles. The third-order valence-corrected chi connectivity index (χ3v) is 2.29. The molecule has 0 saturated heterocycles. The molecule has 78 valence electrons. The van der Waals surface area contributed by atoms with E-state index in [-0.39, 0.29) is 36.2 Å². The van der Waals surface area contributed by atoms with Gasteiger partial charge in [-0.25, -0.2) is 8.42 Å².